The first-order chi connectivity index (χ1) is 8.69. The molecule has 0 aliphatic heterocycles. The second kappa shape index (κ2) is 5.67. The Morgan fingerprint density at radius 1 is 1.44 bits per heavy atom. The van der Waals surface area contributed by atoms with E-state index < -0.39 is 0 Å². The Morgan fingerprint density at radius 2 is 2.28 bits per heavy atom. The summed E-state index contributed by atoms with van der Waals surface area (Å²) in [7, 11) is 0. The minimum absolute atomic E-state index is 0.103. The maximum Gasteiger partial charge on any atom is 0.228 e. The molecule has 5 heteroatoms. The van der Waals surface area contributed by atoms with Gasteiger partial charge in [-0.25, -0.2) is 0 Å². The highest BCUT2D eigenvalue weighted by molar-refractivity contribution is 7.08. The van der Waals surface area contributed by atoms with Crippen molar-refractivity contribution in [3.63, 3.8) is 0 Å². The van der Waals surface area contributed by atoms with E-state index in [1.54, 1.807) is 29.5 Å². The molecule has 2 rings (SSSR count). The summed E-state index contributed by atoms with van der Waals surface area (Å²) in [5, 5.41) is 15.7. The largest absolute Gasteiger partial charge is 0.326 e. The summed E-state index contributed by atoms with van der Waals surface area (Å²) in [4.78, 5) is 11.7. The molecule has 0 radical (unpaired) electrons. The van der Waals surface area contributed by atoms with Gasteiger partial charge in [0.15, 0.2) is 0 Å². The number of nitrogens with one attached hydrogen (secondary N) is 1. The highest BCUT2D eigenvalue weighted by Crippen LogP contribution is 2.20. The SMILES string of the molecule is N#Cc1ccc(NC(=O)Cc2ccsc2)cc1Cl. The Bertz CT molecular complexity index is 602. The molecule has 0 bridgehead atoms. The minimum atomic E-state index is -0.103. The van der Waals surface area contributed by atoms with E-state index in [9.17, 15) is 4.79 Å². The molecule has 0 aliphatic carbocycles. The molecular formula is C13H9ClN2OS. The molecule has 3 nitrogen and oxygen atoms in total. The van der Waals surface area contributed by atoms with E-state index in [4.69, 9.17) is 16.9 Å². The fourth-order valence-electron chi connectivity index (χ4n) is 1.47. The van der Waals surface area contributed by atoms with Crippen LogP contribution in [-0.2, 0) is 11.2 Å². The number of carbonyl (C=O) groups is 1. The van der Waals surface area contributed by atoms with Gasteiger partial charge in [-0.15, -0.1) is 0 Å². The highest BCUT2D eigenvalue weighted by Gasteiger charge is 2.06. The second-order valence-electron chi connectivity index (χ2n) is 3.66. The van der Waals surface area contributed by atoms with Crippen LogP contribution < -0.4 is 5.32 Å². The van der Waals surface area contributed by atoms with Gasteiger partial charge in [0.05, 0.1) is 17.0 Å². The fraction of sp³-hybridized carbons (Fsp3) is 0.0769. The zero-order valence-corrected chi connectivity index (χ0v) is 10.9. The average molecular weight is 277 g/mol. The summed E-state index contributed by atoms with van der Waals surface area (Å²) in [5.74, 6) is -0.103. The lowest BCUT2D eigenvalue weighted by Gasteiger charge is -2.05. The molecule has 1 amide bonds. The number of thiophene rings is 1. The number of halogens is 1. The molecular weight excluding hydrogens is 268 g/mol. The summed E-state index contributed by atoms with van der Waals surface area (Å²) in [6.45, 7) is 0. The van der Waals surface area contributed by atoms with Crippen LogP contribution >= 0.6 is 22.9 Å². The summed E-state index contributed by atoms with van der Waals surface area (Å²) in [6.07, 6.45) is 0.334. The maximum absolute atomic E-state index is 11.7. The van der Waals surface area contributed by atoms with Gasteiger partial charge in [0.2, 0.25) is 5.91 Å². The van der Waals surface area contributed by atoms with Crippen LogP contribution in [0.25, 0.3) is 0 Å². The van der Waals surface area contributed by atoms with Gasteiger partial charge in [-0.05, 0) is 40.6 Å². The van der Waals surface area contributed by atoms with E-state index in [1.165, 1.54) is 0 Å². The third-order valence-corrected chi connectivity index (χ3v) is 3.36. The number of rotatable bonds is 3. The van der Waals surface area contributed by atoms with Gasteiger partial charge in [-0.1, -0.05) is 11.6 Å². The lowest BCUT2D eigenvalue weighted by molar-refractivity contribution is -0.115. The Labute approximate surface area is 114 Å². The lowest BCUT2D eigenvalue weighted by atomic mass is 10.2. The van der Waals surface area contributed by atoms with Gasteiger partial charge < -0.3 is 5.32 Å². The average Bonchev–Trinajstić information content (AvgIpc) is 2.82. The molecule has 1 N–H and O–H groups in total. The number of nitrogens with zero attached hydrogens (tertiary/aromatic N) is 1. The normalized spacial score (nSPS) is 9.78. The van der Waals surface area contributed by atoms with Gasteiger partial charge in [-0.3, -0.25) is 4.79 Å². The zero-order valence-electron chi connectivity index (χ0n) is 9.31. The lowest BCUT2D eigenvalue weighted by Crippen LogP contribution is -2.13. The monoisotopic (exact) mass is 276 g/mol. The molecule has 0 atom stereocenters. The first-order valence-corrected chi connectivity index (χ1v) is 6.51. The van der Waals surface area contributed by atoms with Crippen molar-refractivity contribution in [2.45, 2.75) is 6.42 Å². The Kier molecular flexibility index (Phi) is 3.98. The second-order valence-corrected chi connectivity index (χ2v) is 4.85. The topological polar surface area (TPSA) is 52.9 Å². The predicted molar refractivity (Wildman–Crippen MR) is 72.8 cm³/mol. The third kappa shape index (κ3) is 3.10. The molecule has 18 heavy (non-hydrogen) atoms. The molecule has 0 aliphatic rings. The van der Waals surface area contributed by atoms with Gasteiger partial charge in [-0.2, -0.15) is 16.6 Å². The van der Waals surface area contributed by atoms with E-state index in [0.29, 0.717) is 22.7 Å². The van der Waals surface area contributed by atoms with Crippen molar-refractivity contribution in [3.8, 4) is 6.07 Å². The first kappa shape index (κ1) is 12.6. The molecule has 90 valence electrons. The minimum Gasteiger partial charge on any atom is -0.326 e. The molecule has 0 saturated heterocycles. The Morgan fingerprint density at radius 3 is 2.89 bits per heavy atom. The fourth-order valence-corrected chi connectivity index (χ4v) is 2.36. The van der Waals surface area contributed by atoms with Crippen molar-refractivity contribution >= 4 is 34.5 Å². The van der Waals surface area contributed by atoms with Crippen molar-refractivity contribution in [1.29, 1.82) is 5.26 Å². The summed E-state index contributed by atoms with van der Waals surface area (Å²) in [5.41, 5.74) is 1.98. The molecule has 1 heterocycles. The zero-order chi connectivity index (χ0) is 13.0. The van der Waals surface area contributed by atoms with E-state index >= 15 is 0 Å². The van der Waals surface area contributed by atoms with Gasteiger partial charge in [0, 0.05) is 5.69 Å². The van der Waals surface area contributed by atoms with Crippen LogP contribution in [0.4, 0.5) is 5.69 Å². The number of nitriles is 1. The van der Waals surface area contributed by atoms with E-state index in [2.05, 4.69) is 5.32 Å². The molecule has 0 spiro atoms. The molecule has 0 saturated carbocycles. The quantitative estimate of drug-likeness (QED) is 0.933. The van der Waals surface area contributed by atoms with Gasteiger partial charge in [0.25, 0.3) is 0 Å². The number of anilines is 1. The van der Waals surface area contributed by atoms with Crippen LogP contribution in [-0.4, -0.2) is 5.91 Å². The molecule has 0 unspecified atom stereocenters. The first-order valence-electron chi connectivity index (χ1n) is 5.19. The summed E-state index contributed by atoms with van der Waals surface area (Å²) < 4.78 is 0. The number of amides is 1. The number of hydrogen-bond acceptors (Lipinski definition) is 3. The number of carbonyl (C=O) groups excluding carboxylic acids is 1. The van der Waals surface area contributed by atoms with E-state index in [1.807, 2.05) is 22.9 Å². The van der Waals surface area contributed by atoms with Crippen LogP contribution in [0.15, 0.2) is 35.0 Å². The molecule has 2 aromatic rings. The van der Waals surface area contributed by atoms with E-state index in [0.717, 1.165) is 5.56 Å². The van der Waals surface area contributed by atoms with Gasteiger partial charge >= 0.3 is 0 Å². The number of hydrogen-bond donors (Lipinski definition) is 1. The Hall–Kier alpha value is -1.83. The molecule has 0 fully saturated rings. The maximum atomic E-state index is 11.7. The van der Waals surface area contributed by atoms with Crippen molar-refractivity contribution in [3.05, 3.63) is 51.2 Å². The van der Waals surface area contributed by atoms with Crippen LogP contribution in [0.1, 0.15) is 11.1 Å². The van der Waals surface area contributed by atoms with E-state index in [-0.39, 0.29) is 5.91 Å². The number of benzene rings is 1. The highest BCUT2D eigenvalue weighted by atomic mass is 35.5. The van der Waals surface area contributed by atoms with Gasteiger partial charge in [0.1, 0.15) is 6.07 Å². The predicted octanol–water partition coefficient (Wildman–Crippen LogP) is 3.45. The van der Waals surface area contributed by atoms with Crippen LogP contribution in [0.5, 0.6) is 0 Å². The summed E-state index contributed by atoms with van der Waals surface area (Å²) >= 11 is 7.44. The van der Waals surface area contributed by atoms with Crippen molar-refractivity contribution in [2.75, 3.05) is 5.32 Å². The molecule has 1 aromatic heterocycles. The molecule has 1 aromatic carbocycles. The van der Waals surface area contributed by atoms with Crippen molar-refractivity contribution in [1.82, 2.24) is 0 Å². The van der Waals surface area contributed by atoms with Crippen LogP contribution in [0, 0.1) is 11.3 Å². The summed E-state index contributed by atoms with van der Waals surface area (Å²) in [6, 6.07) is 8.71. The Balaban J connectivity index is 2.03. The van der Waals surface area contributed by atoms with Crippen LogP contribution in [0.2, 0.25) is 5.02 Å². The smallest absolute Gasteiger partial charge is 0.228 e. The van der Waals surface area contributed by atoms with Crippen molar-refractivity contribution < 1.29 is 4.79 Å². The van der Waals surface area contributed by atoms with Crippen molar-refractivity contribution in [2.24, 2.45) is 0 Å². The van der Waals surface area contributed by atoms with Crippen LogP contribution in [0.3, 0.4) is 0 Å². The standard InChI is InChI=1S/C13H9ClN2OS/c14-12-6-11(2-1-10(12)7-15)16-13(17)5-9-3-4-18-8-9/h1-4,6,8H,5H2,(H,16,17). The third-order valence-electron chi connectivity index (χ3n) is 2.32.